The van der Waals surface area contributed by atoms with Crippen LogP contribution in [0.25, 0.3) is 10.9 Å². The third kappa shape index (κ3) is 3.51. The van der Waals surface area contributed by atoms with Crippen molar-refractivity contribution < 1.29 is 4.79 Å². The summed E-state index contributed by atoms with van der Waals surface area (Å²) in [6.45, 7) is 0.312. The predicted octanol–water partition coefficient (Wildman–Crippen LogP) is 4.91. The van der Waals surface area contributed by atoms with Crippen LogP contribution >= 0.6 is 15.9 Å². The monoisotopic (exact) mass is 442 g/mol. The second-order valence-electron chi connectivity index (χ2n) is 6.60. The first kappa shape index (κ1) is 18.9. The van der Waals surface area contributed by atoms with E-state index in [-0.39, 0.29) is 16.9 Å². The van der Waals surface area contributed by atoms with Crippen LogP contribution in [0.1, 0.15) is 27.0 Å². The Kier molecular flexibility index (Phi) is 5.11. The lowest BCUT2D eigenvalue weighted by atomic mass is 9.95. The zero-order valence-corrected chi connectivity index (χ0v) is 16.9. The fourth-order valence-electron chi connectivity index (χ4n) is 3.43. The molecule has 0 aliphatic rings. The lowest BCUT2D eigenvalue weighted by molar-refractivity contribution is 0.104. The molecule has 0 unspecified atom stereocenters. The summed E-state index contributed by atoms with van der Waals surface area (Å²) < 4.78 is 2.32. The van der Waals surface area contributed by atoms with E-state index in [0.29, 0.717) is 23.0 Å². The summed E-state index contributed by atoms with van der Waals surface area (Å²) in [5, 5.41) is 10.4. The molecule has 5 heteroatoms. The first-order valence-electron chi connectivity index (χ1n) is 9.00. The quantitative estimate of drug-likeness (QED) is 0.421. The van der Waals surface area contributed by atoms with Crippen molar-refractivity contribution >= 4 is 32.6 Å². The Labute approximate surface area is 175 Å². The number of aromatic nitrogens is 1. The Morgan fingerprint density at radius 2 is 1.62 bits per heavy atom. The molecule has 1 aromatic heterocycles. The van der Waals surface area contributed by atoms with Gasteiger partial charge in [-0.05, 0) is 23.8 Å². The average Bonchev–Trinajstić information content (AvgIpc) is 2.76. The molecule has 3 aromatic carbocycles. The maximum absolute atomic E-state index is 13.3. The van der Waals surface area contributed by atoms with Gasteiger partial charge in [0.1, 0.15) is 11.6 Å². The van der Waals surface area contributed by atoms with Crippen LogP contribution in [0.4, 0.5) is 0 Å². The number of nitrogens with zero attached hydrogens (tertiary/aromatic N) is 2. The Morgan fingerprint density at radius 1 is 0.966 bits per heavy atom. The summed E-state index contributed by atoms with van der Waals surface area (Å²) in [5.74, 6) is -0.339. The molecule has 0 aliphatic carbocycles. The van der Waals surface area contributed by atoms with Gasteiger partial charge in [-0.25, -0.2) is 0 Å². The highest BCUT2D eigenvalue weighted by Crippen LogP contribution is 2.27. The Hall–Kier alpha value is -3.49. The second kappa shape index (κ2) is 7.86. The van der Waals surface area contributed by atoms with Crippen molar-refractivity contribution in [1.82, 2.24) is 4.57 Å². The van der Waals surface area contributed by atoms with Crippen LogP contribution in [-0.2, 0) is 6.54 Å². The summed E-state index contributed by atoms with van der Waals surface area (Å²) in [6.07, 6.45) is 0. The molecule has 4 nitrogen and oxygen atoms in total. The number of carbonyl (C=O) groups is 1. The number of halogens is 1. The molecule has 0 spiro atoms. The van der Waals surface area contributed by atoms with Gasteiger partial charge in [-0.3, -0.25) is 9.59 Å². The number of carbonyl (C=O) groups excluding carboxylic acids is 1. The second-order valence-corrected chi connectivity index (χ2v) is 7.51. The minimum atomic E-state index is -0.467. The third-order valence-electron chi connectivity index (χ3n) is 4.79. The molecule has 4 rings (SSSR count). The largest absolute Gasteiger partial charge is 0.303 e. The lowest BCUT2D eigenvalue weighted by Crippen LogP contribution is -2.27. The highest BCUT2D eigenvalue weighted by molar-refractivity contribution is 9.10. The molecule has 0 fully saturated rings. The van der Waals surface area contributed by atoms with Crippen LogP contribution in [-0.4, -0.2) is 10.4 Å². The zero-order chi connectivity index (χ0) is 20.4. The van der Waals surface area contributed by atoms with E-state index in [1.165, 1.54) is 0 Å². The van der Waals surface area contributed by atoms with Crippen molar-refractivity contribution in [3.8, 4) is 6.07 Å². The van der Waals surface area contributed by atoms with Crippen LogP contribution < -0.4 is 5.56 Å². The van der Waals surface area contributed by atoms with Crippen LogP contribution in [0.5, 0.6) is 0 Å². The predicted molar refractivity (Wildman–Crippen MR) is 116 cm³/mol. The highest BCUT2D eigenvalue weighted by Gasteiger charge is 2.23. The number of hydrogen-bond acceptors (Lipinski definition) is 3. The molecule has 0 N–H and O–H groups in total. The molecule has 140 valence electrons. The van der Waals surface area contributed by atoms with E-state index in [0.717, 1.165) is 10.0 Å². The molecule has 0 bridgehead atoms. The number of hydrogen-bond donors (Lipinski definition) is 0. The van der Waals surface area contributed by atoms with Crippen LogP contribution in [0.2, 0.25) is 0 Å². The van der Waals surface area contributed by atoms with Gasteiger partial charge in [0, 0.05) is 15.4 Å². The normalized spacial score (nSPS) is 10.6. The van der Waals surface area contributed by atoms with Crippen LogP contribution in [0.15, 0.2) is 88.1 Å². The van der Waals surface area contributed by atoms with Gasteiger partial charge in [0.25, 0.3) is 5.56 Å². The topological polar surface area (TPSA) is 62.9 Å². The van der Waals surface area contributed by atoms with Gasteiger partial charge in [0.15, 0.2) is 5.78 Å². The summed E-state index contributed by atoms with van der Waals surface area (Å²) in [4.78, 5) is 26.5. The van der Waals surface area contributed by atoms with Gasteiger partial charge in [0.2, 0.25) is 0 Å². The van der Waals surface area contributed by atoms with Crippen molar-refractivity contribution in [2.45, 2.75) is 6.54 Å². The van der Waals surface area contributed by atoms with Gasteiger partial charge in [-0.1, -0.05) is 76.6 Å². The number of nitriles is 1. The zero-order valence-electron chi connectivity index (χ0n) is 15.3. The van der Waals surface area contributed by atoms with Crippen molar-refractivity contribution in [3.63, 3.8) is 0 Å². The first-order valence-corrected chi connectivity index (χ1v) is 9.79. The maximum atomic E-state index is 13.3. The lowest BCUT2D eigenvalue weighted by Gasteiger charge is -2.15. The first-order chi connectivity index (χ1) is 14.1. The molecule has 0 saturated carbocycles. The van der Waals surface area contributed by atoms with E-state index in [1.54, 1.807) is 41.0 Å². The molecule has 0 radical (unpaired) electrons. The van der Waals surface area contributed by atoms with E-state index in [9.17, 15) is 14.9 Å². The van der Waals surface area contributed by atoms with Gasteiger partial charge in [-0.2, -0.15) is 5.26 Å². The molecular weight excluding hydrogens is 428 g/mol. The fraction of sp³-hybridized carbons (Fsp3) is 0.0417. The van der Waals surface area contributed by atoms with E-state index in [4.69, 9.17) is 0 Å². The molecule has 0 amide bonds. The van der Waals surface area contributed by atoms with Crippen molar-refractivity contribution in [2.75, 3.05) is 0 Å². The molecule has 29 heavy (non-hydrogen) atoms. The number of pyridine rings is 1. The number of benzene rings is 3. The average molecular weight is 443 g/mol. The number of ketones is 1. The molecule has 0 saturated heterocycles. The minimum absolute atomic E-state index is 0.139. The van der Waals surface area contributed by atoms with Crippen molar-refractivity contribution in [1.29, 1.82) is 5.26 Å². The van der Waals surface area contributed by atoms with E-state index >= 15 is 0 Å². The van der Waals surface area contributed by atoms with Gasteiger partial charge < -0.3 is 4.57 Å². The smallest absolute Gasteiger partial charge is 0.270 e. The SMILES string of the molecule is N#Cc1c(C(=O)c2ccccc2)c2cc(Br)ccc2n(Cc2ccccc2)c1=O. The van der Waals surface area contributed by atoms with E-state index in [2.05, 4.69) is 15.9 Å². The van der Waals surface area contributed by atoms with E-state index in [1.807, 2.05) is 48.5 Å². The fourth-order valence-corrected chi connectivity index (χ4v) is 3.79. The van der Waals surface area contributed by atoms with E-state index < -0.39 is 5.56 Å². The summed E-state index contributed by atoms with van der Waals surface area (Å²) in [5.41, 5.74) is 1.52. The molecular formula is C24H15BrN2O2. The highest BCUT2D eigenvalue weighted by atomic mass is 79.9. The van der Waals surface area contributed by atoms with Crippen LogP contribution in [0.3, 0.4) is 0 Å². The summed E-state index contributed by atoms with van der Waals surface area (Å²) in [6, 6.07) is 25.6. The van der Waals surface area contributed by atoms with Crippen molar-refractivity contribution in [2.24, 2.45) is 0 Å². The molecule has 4 aromatic rings. The minimum Gasteiger partial charge on any atom is -0.303 e. The third-order valence-corrected chi connectivity index (χ3v) is 5.28. The van der Waals surface area contributed by atoms with Gasteiger partial charge in [-0.15, -0.1) is 0 Å². The molecule has 0 aliphatic heterocycles. The maximum Gasteiger partial charge on any atom is 0.270 e. The van der Waals surface area contributed by atoms with Crippen molar-refractivity contribution in [3.05, 3.63) is 116 Å². The summed E-state index contributed by atoms with van der Waals surface area (Å²) >= 11 is 3.45. The Balaban J connectivity index is 2.04. The van der Waals surface area contributed by atoms with Gasteiger partial charge in [0.05, 0.1) is 17.6 Å². The number of fused-ring (bicyclic) bond motifs is 1. The molecule has 0 atom stereocenters. The number of rotatable bonds is 4. The van der Waals surface area contributed by atoms with Crippen LogP contribution in [0, 0.1) is 11.3 Å². The molecule has 1 heterocycles. The Morgan fingerprint density at radius 3 is 2.28 bits per heavy atom. The summed E-state index contributed by atoms with van der Waals surface area (Å²) in [7, 11) is 0. The Bertz CT molecular complexity index is 1320. The standard InChI is InChI=1S/C24H15BrN2O2/c25-18-11-12-21-19(13-18)22(23(28)17-9-5-2-6-10-17)20(14-26)24(29)27(21)15-16-7-3-1-4-8-16/h1-13H,15H2. The van der Waals surface area contributed by atoms with Gasteiger partial charge >= 0.3 is 0 Å².